The first-order chi connectivity index (χ1) is 6.65. The molecule has 2 fully saturated rings. The largest absolute Gasteiger partial charge is 0.331 e. The SMILES string of the molecule is O=CC1C(=O)NC(=O)N(C2CC2)C1=O. The monoisotopic (exact) mass is 196 g/mol. The minimum Gasteiger partial charge on any atom is -0.302 e. The molecule has 6 heteroatoms. The van der Waals surface area contributed by atoms with E-state index in [0.29, 0.717) is 0 Å². The molecule has 6 nitrogen and oxygen atoms in total. The predicted molar refractivity (Wildman–Crippen MR) is 43.0 cm³/mol. The maximum atomic E-state index is 11.5. The molecule has 2 rings (SSSR count). The lowest BCUT2D eigenvalue weighted by atomic mass is 10.1. The zero-order chi connectivity index (χ0) is 10.3. The number of imide groups is 2. The van der Waals surface area contributed by atoms with Gasteiger partial charge >= 0.3 is 6.03 Å². The van der Waals surface area contributed by atoms with Crippen LogP contribution in [0.1, 0.15) is 12.8 Å². The number of nitrogens with zero attached hydrogens (tertiary/aromatic N) is 1. The van der Waals surface area contributed by atoms with Crippen molar-refractivity contribution in [1.29, 1.82) is 0 Å². The van der Waals surface area contributed by atoms with Gasteiger partial charge in [-0.1, -0.05) is 0 Å². The summed E-state index contributed by atoms with van der Waals surface area (Å²) in [4.78, 5) is 45.1. The number of hydrogen-bond acceptors (Lipinski definition) is 4. The highest BCUT2D eigenvalue weighted by Crippen LogP contribution is 2.29. The molecule has 14 heavy (non-hydrogen) atoms. The Labute approximate surface area is 79.2 Å². The summed E-state index contributed by atoms with van der Waals surface area (Å²) in [5.74, 6) is -2.88. The lowest BCUT2D eigenvalue weighted by molar-refractivity contribution is -0.144. The molecule has 0 aromatic carbocycles. The van der Waals surface area contributed by atoms with E-state index in [-0.39, 0.29) is 12.3 Å². The van der Waals surface area contributed by atoms with Crippen LogP contribution in [0.15, 0.2) is 0 Å². The molecule has 74 valence electrons. The van der Waals surface area contributed by atoms with Crippen LogP contribution in [0.5, 0.6) is 0 Å². The van der Waals surface area contributed by atoms with Crippen LogP contribution in [-0.2, 0) is 14.4 Å². The van der Waals surface area contributed by atoms with Gasteiger partial charge < -0.3 is 4.79 Å². The highest BCUT2D eigenvalue weighted by molar-refractivity contribution is 6.22. The molecule has 1 saturated heterocycles. The highest BCUT2D eigenvalue weighted by Gasteiger charge is 2.46. The standard InChI is InChI=1S/C8H8N2O4/c11-3-5-6(12)9-8(14)10(7(5)13)4-1-2-4/h3-5H,1-2H2,(H,9,12,14). The first kappa shape index (κ1) is 8.86. The van der Waals surface area contributed by atoms with Crippen LogP contribution in [0.4, 0.5) is 4.79 Å². The number of barbiturate groups is 1. The number of aldehydes is 1. The quantitative estimate of drug-likeness (QED) is 0.455. The molecule has 4 amide bonds. The van der Waals surface area contributed by atoms with E-state index in [0.717, 1.165) is 17.7 Å². The summed E-state index contributed by atoms with van der Waals surface area (Å²) in [7, 11) is 0. The van der Waals surface area contributed by atoms with E-state index in [1.54, 1.807) is 0 Å². The summed E-state index contributed by atoms with van der Waals surface area (Å²) in [6, 6.07) is -0.835. The number of carbonyl (C=O) groups is 4. The van der Waals surface area contributed by atoms with Crippen LogP contribution < -0.4 is 5.32 Å². The Morgan fingerprint density at radius 3 is 2.43 bits per heavy atom. The summed E-state index contributed by atoms with van der Waals surface area (Å²) >= 11 is 0. The Bertz CT molecular complexity index is 334. The van der Waals surface area contributed by atoms with Crippen molar-refractivity contribution >= 4 is 24.1 Å². The second-order valence-corrected chi connectivity index (χ2v) is 3.35. The van der Waals surface area contributed by atoms with Crippen molar-refractivity contribution in [1.82, 2.24) is 10.2 Å². The summed E-state index contributed by atoms with van der Waals surface area (Å²) in [6.07, 6.45) is 1.76. The van der Waals surface area contributed by atoms with Gasteiger partial charge in [0, 0.05) is 6.04 Å². The van der Waals surface area contributed by atoms with E-state index in [1.165, 1.54) is 0 Å². The van der Waals surface area contributed by atoms with Crippen molar-refractivity contribution in [3.05, 3.63) is 0 Å². The summed E-state index contributed by atoms with van der Waals surface area (Å²) in [6.45, 7) is 0. The molecular formula is C8H8N2O4. The molecule has 1 unspecified atom stereocenters. The van der Waals surface area contributed by atoms with Gasteiger partial charge in [0.2, 0.25) is 5.91 Å². The van der Waals surface area contributed by atoms with E-state index >= 15 is 0 Å². The third-order valence-electron chi connectivity index (χ3n) is 2.28. The zero-order valence-electron chi connectivity index (χ0n) is 7.23. The first-order valence-electron chi connectivity index (χ1n) is 4.28. The second-order valence-electron chi connectivity index (χ2n) is 3.35. The van der Waals surface area contributed by atoms with Crippen LogP contribution in [-0.4, -0.2) is 35.1 Å². The number of carbonyl (C=O) groups excluding carboxylic acids is 4. The van der Waals surface area contributed by atoms with Crippen molar-refractivity contribution in [3.63, 3.8) is 0 Å². The van der Waals surface area contributed by atoms with E-state index in [9.17, 15) is 19.2 Å². The maximum absolute atomic E-state index is 11.5. The maximum Gasteiger partial charge on any atom is 0.331 e. The molecule has 0 aromatic heterocycles. The van der Waals surface area contributed by atoms with Crippen molar-refractivity contribution in [2.45, 2.75) is 18.9 Å². The summed E-state index contributed by atoms with van der Waals surface area (Å²) in [5, 5.41) is 1.98. The number of amides is 4. The third-order valence-corrected chi connectivity index (χ3v) is 2.28. The molecule has 2 aliphatic rings. The smallest absolute Gasteiger partial charge is 0.302 e. The average Bonchev–Trinajstić information content (AvgIpc) is 2.88. The highest BCUT2D eigenvalue weighted by atomic mass is 16.2. The van der Waals surface area contributed by atoms with E-state index in [1.807, 2.05) is 5.32 Å². The van der Waals surface area contributed by atoms with Gasteiger partial charge in [0.15, 0.2) is 5.92 Å². The molecule has 1 atom stereocenters. The number of hydrogen-bond donors (Lipinski definition) is 1. The van der Waals surface area contributed by atoms with Gasteiger partial charge in [0.1, 0.15) is 6.29 Å². The van der Waals surface area contributed by atoms with Crippen molar-refractivity contribution in [2.75, 3.05) is 0 Å². The van der Waals surface area contributed by atoms with Crippen molar-refractivity contribution in [3.8, 4) is 0 Å². The van der Waals surface area contributed by atoms with Gasteiger partial charge in [-0.2, -0.15) is 0 Å². The fourth-order valence-corrected chi connectivity index (χ4v) is 1.40. The Morgan fingerprint density at radius 1 is 1.29 bits per heavy atom. The normalized spacial score (nSPS) is 27.6. The number of rotatable bonds is 2. The van der Waals surface area contributed by atoms with Crippen LogP contribution in [0.25, 0.3) is 0 Å². The van der Waals surface area contributed by atoms with E-state index < -0.39 is 23.8 Å². The molecule has 1 saturated carbocycles. The number of urea groups is 1. The molecule has 1 heterocycles. The summed E-state index contributed by atoms with van der Waals surface area (Å²) < 4.78 is 0. The van der Waals surface area contributed by atoms with Gasteiger partial charge in [-0.3, -0.25) is 19.8 Å². The zero-order valence-corrected chi connectivity index (χ0v) is 7.23. The van der Waals surface area contributed by atoms with Crippen LogP contribution >= 0.6 is 0 Å². The summed E-state index contributed by atoms with van der Waals surface area (Å²) in [5.41, 5.74) is 0. The Balaban J connectivity index is 2.25. The van der Waals surface area contributed by atoms with Gasteiger partial charge in [-0.05, 0) is 12.8 Å². The lowest BCUT2D eigenvalue weighted by Gasteiger charge is -2.27. The van der Waals surface area contributed by atoms with Crippen molar-refractivity contribution < 1.29 is 19.2 Å². The van der Waals surface area contributed by atoms with Crippen LogP contribution in [0.2, 0.25) is 0 Å². The van der Waals surface area contributed by atoms with Gasteiger partial charge in [0.05, 0.1) is 0 Å². The van der Waals surface area contributed by atoms with E-state index in [2.05, 4.69) is 0 Å². The third kappa shape index (κ3) is 1.19. The lowest BCUT2D eigenvalue weighted by Crippen LogP contribution is -2.59. The molecule has 0 aromatic rings. The Morgan fingerprint density at radius 2 is 1.93 bits per heavy atom. The topological polar surface area (TPSA) is 83.6 Å². The second kappa shape index (κ2) is 2.90. The fourth-order valence-electron chi connectivity index (χ4n) is 1.40. The molecule has 1 N–H and O–H groups in total. The molecular weight excluding hydrogens is 188 g/mol. The molecule has 0 radical (unpaired) electrons. The van der Waals surface area contributed by atoms with Crippen LogP contribution in [0, 0.1) is 5.92 Å². The van der Waals surface area contributed by atoms with Crippen LogP contribution in [0.3, 0.4) is 0 Å². The first-order valence-corrected chi connectivity index (χ1v) is 4.28. The molecule has 1 aliphatic heterocycles. The fraction of sp³-hybridized carbons (Fsp3) is 0.500. The Kier molecular flexibility index (Phi) is 1.83. The minimum atomic E-state index is -1.35. The molecule has 0 spiro atoms. The van der Waals surface area contributed by atoms with Gasteiger partial charge in [0.25, 0.3) is 5.91 Å². The van der Waals surface area contributed by atoms with E-state index in [4.69, 9.17) is 0 Å². The van der Waals surface area contributed by atoms with Gasteiger partial charge in [-0.15, -0.1) is 0 Å². The molecule has 0 bridgehead atoms. The Hall–Kier alpha value is -1.72. The van der Waals surface area contributed by atoms with Gasteiger partial charge in [-0.25, -0.2) is 4.79 Å². The predicted octanol–water partition coefficient (Wildman–Crippen LogP) is -0.958. The number of nitrogens with one attached hydrogen (secondary N) is 1. The van der Waals surface area contributed by atoms with Crippen molar-refractivity contribution in [2.24, 2.45) is 5.92 Å². The molecule has 1 aliphatic carbocycles. The average molecular weight is 196 g/mol. The minimum absolute atomic E-state index is 0.127.